The van der Waals surface area contributed by atoms with E-state index in [1.54, 1.807) is 0 Å². The van der Waals surface area contributed by atoms with Crippen molar-refractivity contribution in [3.05, 3.63) is 126 Å². The maximum Gasteiger partial charge on any atom is 0.220 e. The summed E-state index contributed by atoms with van der Waals surface area (Å²) in [5.74, 6) is 0.939. The first-order chi connectivity index (χ1) is 17.3. The number of nitrogens with zero attached hydrogens (tertiary/aromatic N) is 3. The fraction of sp³-hybridized carbons (Fsp3) is 0.0312. The summed E-state index contributed by atoms with van der Waals surface area (Å²) >= 11 is 0. The summed E-state index contributed by atoms with van der Waals surface area (Å²) in [4.78, 5) is 5.03. The Morgan fingerprint density at radius 1 is 0.543 bits per heavy atom. The highest BCUT2D eigenvalue weighted by Gasteiger charge is 2.20. The smallest absolute Gasteiger partial charge is 0.220 e. The number of hydrogen-bond acceptors (Lipinski definition) is 1. The van der Waals surface area contributed by atoms with Crippen LogP contribution in [0.5, 0.6) is 0 Å². The molecule has 3 nitrogen and oxygen atoms in total. The quantitative estimate of drug-likeness (QED) is 0.266. The van der Waals surface area contributed by atoms with Gasteiger partial charge in [0.05, 0.1) is 22.1 Å². The van der Waals surface area contributed by atoms with Crippen molar-refractivity contribution in [2.24, 2.45) is 0 Å². The average molecular weight is 448 g/mol. The maximum atomic E-state index is 5.03. The molecule has 7 aromatic rings. The summed E-state index contributed by atoms with van der Waals surface area (Å²) in [5, 5.41) is 0. The van der Waals surface area contributed by atoms with Crippen molar-refractivity contribution in [2.75, 3.05) is 0 Å². The number of fused-ring (bicyclic) bond motifs is 8. The number of benzene rings is 5. The van der Waals surface area contributed by atoms with E-state index in [0.29, 0.717) is 0 Å². The molecule has 0 aliphatic heterocycles. The molecule has 2 aromatic heterocycles. The molecule has 2 heterocycles. The molecular weight excluding hydrogens is 426 g/mol. The number of aromatic nitrogens is 3. The van der Waals surface area contributed by atoms with Crippen LogP contribution in [0.15, 0.2) is 115 Å². The van der Waals surface area contributed by atoms with Crippen molar-refractivity contribution >= 4 is 27.8 Å². The van der Waals surface area contributed by atoms with E-state index in [0.717, 1.165) is 34.4 Å². The molecule has 0 bridgehead atoms. The number of hydrogen-bond donors (Lipinski definition) is 0. The molecule has 0 unspecified atom stereocenters. The minimum absolute atomic E-state index is 0.939. The van der Waals surface area contributed by atoms with Crippen molar-refractivity contribution < 1.29 is 0 Å². The Kier molecular flexibility index (Phi) is 3.72. The topological polar surface area (TPSA) is 22.2 Å². The lowest BCUT2D eigenvalue weighted by molar-refractivity contribution is 1.11. The van der Waals surface area contributed by atoms with Crippen molar-refractivity contribution in [2.45, 2.75) is 6.42 Å². The zero-order valence-corrected chi connectivity index (χ0v) is 19.0. The highest BCUT2D eigenvalue weighted by Crippen LogP contribution is 2.39. The van der Waals surface area contributed by atoms with Gasteiger partial charge in [-0.25, -0.2) is 4.98 Å². The molecule has 0 radical (unpaired) electrons. The Labute approximate surface area is 202 Å². The van der Waals surface area contributed by atoms with Gasteiger partial charge in [-0.05, 0) is 76.2 Å². The Bertz CT molecular complexity index is 1920. The number of imidazole rings is 2. The molecule has 1 aliphatic rings. The SMILES string of the molecule is c1ccc(-n2c3ccc(-c4ccc5c(c4)Cc4ccccc4-5)cc3n3c4ccccc4nc23)cc1. The summed E-state index contributed by atoms with van der Waals surface area (Å²) in [7, 11) is 0. The molecular formula is C32H21N3. The van der Waals surface area contributed by atoms with Crippen LogP contribution in [0.1, 0.15) is 11.1 Å². The standard InChI is InChI=1S/C32H21N3/c1-2-9-25(10-3-1)34-30-17-15-22(20-31(30)35-29-13-7-6-12-28(29)33-32(34)35)21-14-16-27-24(18-21)19-23-8-4-5-11-26(23)27/h1-18,20H,19H2. The Morgan fingerprint density at radius 3 is 2.23 bits per heavy atom. The van der Waals surface area contributed by atoms with Crippen molar-refractivity contribution in [3.8, 4) is 27.9 Å². The second kappa shape index (κ2) is 6.94. The first kappa shape index (κ1) is 18.8. The van der Waals surface area contributed by atoms with E-state index in [2.05, 4.69) is 124 Å². The molecule has 0 spiro atoms. The van der Waals surface area contributed by atoms with Crippen LogP contribution in [-0.2, 0) is 6.42 Å². The third-order valence-corrected chi connectivity index (χ3v) is 7.34. The third kappa shape index (κ3) is 2.64. The molecule has 0 saturated heterocycles. The van der Waals surface area contributed by atoms with Crippen molar-refractivity contribution in [1.29, 1.82) is 0 Å². The van der Waals surface area contributed by atoms with Crippen LogP contribution in [0, 0.1) is 0 Å². The van der Waals surface area contributed by atoms with Crippen LogP contribution >= 0.6 is 0 Å². The molecule has 0 fully saturated rings. The average Bonchev–Trinajstić information content (AvgIpc) is 3.56. The van der Waals surface area contributed by atoms with Gasteiger partial charge in [-0.15, -0.1) is 0 Å². The van der Waals surface area contributed by atoms with Gasteiger partial charge in [-0.3, -0.25) is 8.97 Å². The third-order valence-electron chi connectivity index (χ3n) is 7.34. The fourth-order valence-corrected chi connectivity index (χ4v) is 5.74. The van der Waals surface area contributed by atoms with Gasteiger partial charge in [0.2, 0.25) is 5.78 Å². The summed E-state index contributed by atoms with van der Waals surface area (Å²) in [6.07, 6.45) is 1.00. The van der Waals surface area contributed by atoms with Crippen molar-refractivity contribution in [3.63, 3.8) is 0 Å². The van der Waals surface area contributed by atoms with Crippen LogP contribution in [0.4, 0.5) is 0 Å². The molecule has 3 heteroatoms. The van der Waals surface area contributed by atoms with Crippen LogP contribution in [0.25, 0.3) is 55.8 Å². The molecule has 0 amide bonds. The summed E-state index contributed by atoms with van der Waals surface area (Å²) in [5.41, 5.74) is 13.6. The number of rotatable bonds is 2. The zero-order valence-electron chi connectivity index (χ0n) is 19.0. The lowest BCUT2D eigenvalue weighted by Gasteiger charge is -2.08. The summed E-state index contributed by atoms with van der Waals surface area (Å²) < 4.78 is 4.56. The Morgan fingerprint density at radius 2 is 1.29 bits per heavy atom. The molecule has 0 saturated carbocycles. The molecule has 8 rings (SSSR count). The van der Waals surface area contributed by atoms with Crippen LogP contribution < -0.4 is 0 Å². The molecule has 0 atom stereocenters. The molecule has 35 heavy (non-hydrogen) atoms. The van der Waals surface area contributed by atoms with Gasteiger partial charge < -0.3 is 0 Å². The second-order valence-corrected chi connectivity index (χ2v) is 9.32. The van der Waals surface area contributed by atoms with Crippen LogP contribution in [0.3, 0.4) is 0 Å². The first-order valence-corrected chi connectivity index (χ1v) is 12.0. The van der Waals surface area contributed by atoms with Gasteiger partial charge in [-0.2, -0.15) is 0 Å². The van der Waals surface area contributed by atoms with E-state index >= 15 is 0 Å². The molecule has 5 aromatic carbocycles. The monoisotopic (exact) mass is 447 g/mol. The van der Waals surface area contributed by atoms with E-state index in [-0.39, 0.29) is 0 Å². The van der Waals surface area contributed by atoms with E-state index in [4.69, 9.17) is 4.98 Å². The van der Waals surface area contributed by atoms with E-state index in [1.165, 1.54) is 38.9 Å². The van der Waals surface area contributed by atoms with Gasteiger partial charge in [0, 0.05) is 5.69 Å². The predicted molar refractivity (Wildman–Crippen MR) is 143 cm³/mol. The minimum atomic E-state index is 0.939. The highest BCUT2D eigenvalue weighted by molar-refractivity contribution is 5.94. The van der Waals surface area contributed by atoms with Gasteiger partial charge >= 0.3 is 0 Å². The predicted octanol–water partition coefficient (Wildman–Crippen LogP) is 7.67. The maximum absolute atomic E-state index is 5.03. The van der Waals surface area contributed by atoms with Crippen molar-refractivity contribution in [1.82, 2.24) is 14.0 Å². The summed E-state index contributed by atoms with van der Waals surface area (Å²) in [6.45, 7) is 0. The van der Waals surface area contributed by atoms with E-state index in [9.17, 15) is 0 Å². The fourth-order valence-electron chi connectivity index (χ4n) is 5.74. The number of para-hydroxylation sites is 3. The lowest BCUT2D eigenvalue weighted by Crippen LogP contribution is -1.94. The highest BCUT2D eigenvalue weighted by atomic mass is 15.2. The normalized spacial score (nSPS) is 12.5. The van der Waals surface area contributed by atoms with Crippen LogP contribution in [0.2, 0.25) is 0 Å². The Balaban J connectivity index is 1.37. The van der Waals surface area contributed by atoms with Gasteiger partial charge in [-0.1, -0.05) is 78.9 Å². The van der Waals surface area contributed by atoms with E-state index < -0.39 is 0 Å². The van der Waals surface area contributed by atoms with Gasteiger partial charge in [0.25, 0.3) is 0 Å². The molecule has 0 N–H and O–H groups in total. The van der Waals surface area contributed by atoms with Gasteiger partial charge in [0.1, 0.15) is 0 Å². The zero-order chi connectivity index (χ0) is 22.9. The Hall–Kier alpha value is -4.63. The van der Waals surface area contributed by atoms with E-state index in [1.807, 2.05) is 0 Å². The summed E-state index contributed by atoms with van der Waals surface area (Å²) in [6, 6.07) is 41.4. The minimum Gasteiger partial charge on any atom is -0.278 e. The van der Waals surface area contributed by atoms with Crippen LogP contribution in [-0.4, -0.2) is 14.0 Å². The molecule has 1 aliphatic carbocycles. The first-order valence-electron chi connectivity index (χ1n) is 12.0. The molecule has 164 valence electrons. The lowest BCUT2D eigenvalue weighted by atomic mass is 9.99. The second-order valence-electron chi connectivity index (χ2n) is 9.32. The van der Waals surface area contributed by atoms with Gasteiger partial charge in [0.15, 0.2) is 0 Å². The largest absolute Gasteiger partial charge is 0.278 e.